The van der Waals surface area contributed by atoms with Gasteiger partial charge in [0.25, 0.3) is 5.56 Å². The molecule has 2 aromatic carbocycles. The topological polar surface area (TPSA) is 85.8 Å². The minimum Gasteiger partial charge on any atom is -0.326 e. The number of carbonyl (C=O) groups excluding carboxylic acids is 1. The Morgan fingerprint density at radius 2 is 1.76 bits per heavy atom. The number of aryl methyl sites for hydroxylation is 1. The minimum absolute atomic E-state index is 0.103. The van der Waals surface area contributed by atoms with Crippen LogP contribution in [0.15, 0.2) is 59.4 Å². The van der Waals surface area contributed by atoms with E-state index in [1.165, 1.54) is 5.56 Å². The molecule has 0 radical (unpaired) electrons. The van der Waals surface area contributed by atoms with Gasteiger partial charge in [-0.2, -0.15) is 5.26 Å². The van der Waals surface area contributed by atoms with E-state index in [0.717, 1.165) is 23.2 Å². The lowest BCUT2D eigenvalue weighted by molar-refractivity contribution is -0.116. The zero-order valence-corrected chi connectivity index (χ0v) is 16.6. The fraction of sp³-hybridized carbons (Fsp3) is 0.208. The first-order chi connectivity index (χ1) is 14.0. The molecule has 0 bridgehead atoms. The van der Waals surface area contributed by atoms with Crippen molar-refractivity contribution in [2.45, 2.75) is 33.1 Å². The zero-order chi connectivity index (χ0) is 20.8. The lowest BCUT2D eigenvalue weighted by Crippen LogP contribution is -2.18. The van der Waals surface area contributed by atoms with Gasteiger partial charge in [0.05, 0.1) is 0 Å². The molecule has 5 nitrogen and oxygen atoms in total. The fourth-order valence-electron chi connectivity index (χ4n) is 3.48. The highest BCUT2D eigenvalue weighted by molar-refractivity contribution is 5.91. The third kappa shape index (κ3) is 4.80. The number of carbonyl (C=O) groups is 1. The van der Waals surface area contributed by atoms with E-state index in [0.29, 0.717) is 17.7 Å². The molecule has 0 saturated carbocycles. The maximum Gasteiger partial charge on any atom is 0.266 e. The number of amides is 1. The zero-order valence-electron chi connectivity index (χ0n) is 16.6. The van der Waals surface area contributed by atoms with Crippen LogP contribution >= 0.6 is 0 Å². The number of nitrogens with zero attached hydrogens (tertiary/aromatic N) is 1. The van der Waals surface area contributed by atoms with Crippen molar-refractivity contribution < 1.29 is 4.79 Å². The second-order valence-corrected chi connectivity index (χ2v) is 7.04. The second kappa shape index (κ2) is 9.03. The molecule has 0 aliphatic carbocycles. The number of hydrogen-bond acceptors (Lipinski definition) is 3. The van der Waals surface area contributed by atoms with Crippen LogP contribution in [0.1, 0.15) is 39.9 Å². The quantitative estimate of drug-likeness (QED) is 0.672. The average molecular weight is 385 g/mol. The average Bonchev–Trinajstić information content (AvgIpc) is 2.70. The van der Waals surface area contributed by atoms with Crippen LogP contribution < -0.4 is 10.9 Å². The van der Waals surface area contributed by atoms with Crippen LogP contribution in [0.4, 0.5) is 5.69 Å². The Balaban J connectivity index is 1.72. The van der Waals surface area contributed by atoms with Gasteiger partial charge in [-0.25, -0.2) is 0 Å². The number of H-pyrrole nitrogens is 1. The van der Waals surface area contributed by atoms with E-state index >= 15 is 0 Å². The largest absolute Gasteiger partial charge is 0.326 e. The predicted molar refractivity (Wildman–Crippen MR) is 114 cm³/mol. The Kier molecular flexibility index (Phi) is 6.25. The monoisotopic (exact) mass is 385 g/mol. The van der Waals surface area contributed by atoms with Gasteiger partial charge in [-0.1, -0.05) is 48.5 Å². The number of nitriles is 1. The number of hydrogen-bond donors (Lipinski definition) is 2. The number of pyridine rings is 1. The standard InChI is InChI=1S/C24H23N3O2/c1-16-20(17(2)26-24(29)21(16)15-25)12-13-23(28)27-22-11-7-6-10-19(22)14-18-8-4-3-5-9-18/h3-11H,12-14H2,1-2H3,(H,26,29)(H,27,28). The number of anilines is 1. The molecule has 0 fully saturated rings. The Morgan fingerprint density at radius 3 is 2.48 bits per heavy atom. The Labute approximate surface area is 170 Å². The first-order valence-electron chi connectivity index (χ1n) is 9.53. The molecule has 1 amide bonds. The molecule has 29 heavy (non-hydrogen) atoms. The summed E-state index contributed by atoms with van der Waals surface area (Å²) in [6, 6.07) is 19.8. The maximum atomic E-state index is 12.6. The third-order valence-electron chi connectivity index (χ3n) is 5.05. The van der Waals surface area contributed by atoms with Crippen molar-refractivity contribution in [2.24, 2.45) is 0 Å². The van der Waals surface area contributed by atoms with Crippen molar-refractivity contribution >= 4 is 11.6 Å². The fourth-order valence-corrected chi connectivity index (χ4v) is 3.48. The Hall–Kier alpha value is -3.65. The van der Waals surface area contributed by atoms with E-state index in [-0.39, 0.29) is 23.5 Å². The highest BCUT2D eigenvalue weighted by Crippen LogP contribution is 2.20. The van der Waals surface area contributed by atoms with Crippen molar-refractivity contribution in [1.82, 2.24) is 4.98 Å². The van der Waals surface area contributed by atoms with E-state index in [9.17, 15) is 14.9 Å². The number of nitrogens with one attached hydrogen (secondary N) is 2. The Morgan fingerprint density at radius 1 is 1.07 bits per heavy atom. The van der Waals surface area contributed by atoms with Crippen LogP contribution in [0.5, 0.6) is 0 Å². The number of rotatable bonds is 6. The minimum atomic E-state index is -0.384. The number of para-hydroxylation sites is 1. The van der Waals surface area contributed by atoms with Gasteiger partial charge >= 0.3 is 0 Å². The van der Waals surface area contributed by atoms with Gasteiger partial charge in [0.2, 0.25) is 5.91 Å². The van der Waals surface area contributed by atoms with Crippen LogP contribution in [0.25, 0.3) is 0 Å². The molecule has 0 saturated heterocycles. The SMILES string of the molecule is Cc1[nH]c(=O)c(C#N)c(C)c1CCC(=O)Nc1ccccc1Cc1ccccc1. The molecular weight excluding hydrogens is 362 g/mol. The van der Waals surface area contributed by atoms with Gasteiger partial charge in [0.15, 0.2) is 0 Å². The molecule has 1 heterocycles. The van der Waals surface area contributed by atoms with Crippen molar-refractivity contribution in [1.29, 1.82) is 5.26 Å². The molecule has 2 N–H and O–H groups in total. The summed E-state index contributed by atoms with van der Waals surface area (Å²) in [5.41, 5.74) is 4.94. The van der Waals surface area contributed by atoms with E-state index in [1.54, 1.807) is 13.8 Å². The van der Waals surface area contributed by atoms with Gasteiger partial charge in [-0.3, -0.25) is 9.59 Å². The van der Waals surface area contributed by atoms with E-state index in [2.05, 4.69) is 22.4 Å². The van der Waals surface area contributed by atoms with Crippen LogP contribution in [0, 0.1) is 25.2 Å². The molecule has 3 rings (SSSR count). The lowest BCUT2D eigenvalue weighted by Gasteiger charge is -2.13. The second-order valence-electron chi connectivity index (χ2n) is 7.04. The summed E-state index contributed by atoms with van der Waals surface area (Å²) in [5.74, 6) is -0.103. The third-order valence-corrected chi connectivity index (χ3v) is 5.05. The first-order valence-corrected chi connectivity index (χ1v) is 9.53. The van der Waals surface area contributed by atoms with Crippen LogP contribution in [-0.4, -0.2) is 10.9 Å². The number of aromatic amines is 1. The van der Waals surface area contributed by atoms with Gasteiger partial charge in [0.1, 0.15) is 11.6 Å². The van der Waals surface area contributed by atoms with Crippen LogP contribution in [0.3, 0.4) is 0 Å². The van der Waals surface area contributed by atoms with E-state index < -0.39 is 0 Å². The Bertz CT molecular complexity index is 1130. The summed E-state index contributed by atoms with van der Waals surface area (Å²) in [5, 5.41) is 12.2. The smallest absolute Gasteiger partial charge is 0.266 e. The van der Waals surface area contributed by atoms with Crippen molar-refractivity contribution in [3.05, 3.63) is 98.5 Å². The summed E-state index contributed by atoms with van der Waals surface area (Å²) in [4.78, 5) is 27.1. The summed E-state index contributed by atoms with van der Waals surface area (Å²) >= 11 is 0. The summed E-state index contributed by atoms with van der Waals surface area (Å²) in [6.07, 6.45) is 1.45. The summed E-state index contributed by atoms with van der Waals surface area (Å²) in [7, 11) is 0. The van der Waals surface area contributed by atoms with E-state index in [4.69, 9.17) is 0 Å². The summed E-state index contributed by atoms with van der Waals surface area (Å²) < 4.78 is 0. The first kappa shape index (κ1) is 20.1. The molecule has 5 heteroatoms. The molecule has 0 aliphatic heterocycles. The predicted octanol–water partition coefficient (Wildman–Crippen LogP) is 4.03. The molecule has 0 atom stereocenters. The molecule has 146 valence electrons. The summed E-state index contributed by atoms with van der Waals surface area (Å²) in [6.45, 7) is 3.54. The normalized spacial score (nSPS) is 10.4. The lowest BCUT2D eigenvalue weighted by atomic mass is 9.99. The number of benzene rings is 2. The van der Waals surface area contributed by atoms with Gasteiger partial charge in [0, 0.05) is 17.8 Å². The molecule has 0 aliphatic rings. The molecular formula is C24H23N3O2. The van der Waals surface area contributed by atoms with Crippen molar-refractivity contribution in [2.75, 3.05) is 5.32 Å². The maximum absolute atomic E-state index is 12.6. The van der Waals surface area contributed by atoms with Gasteiger partial charge in [-0.05, 0) is 55.0 Å². The number of aromatic nitrogens is 1. The van der Waals surface area contributed by atoms with Crippen LogP contribution in [0.2, 0.25) is 0 Å². The van der Waals surface area contributed by atoms with Gasteiger partial charge < -0.3 is 10.3 Å². The molecule has 0 spiro atoms. The molecule has 1 aromatic heterocycles. The van der Waals surface area contributed by atoms with Crippen LogP contribution in [-0.2, 0) is 17.6 Å². The van der Waals surface area contributed by atoms with Crippen molar-refractivity contribution in [3.63, 3.8) is 0 Å². The highest BCUT2D eigenvalue weighted by Gasteiger charge is 2.14. The van der Waals surface area contributed by atoms with E-state index in [1.807, 2.05) is 48.5 Å². The van der Waals surface area contributed by atoms with Gasteiger partial charge in [-0.15, -0.1) is 0 Å². The van der Waals surface area contributed by atoms with Crippen molar-refractivity contribution in [3.8, 4) is 6.07 Å². The molecule has 3 aromatic rings. The molecule has 0 unspecified atom stereocenters. The highest BCUT2D eigenvalue weighted by atomic mass is 16.1.